The van der Waals surface area contributed by atoms with Gasteiger partial charge in [-0.2, -0.15) is 4.98 Å². The molecule has 25 heavy (non-hydrogen) atoms. The van der Waals surface area contributed by atoms with Crippen LogP contribution in [0.4, 0.5) is 11.8 Å². The van der Waals surface area contributed by atoms with Gasteiger partial charge in [-0.05, 0) is 17.7 Å². The smallest absolute Gasteiger partial charge is 0.258 e. The number of ether oxygens (including phenoxy) is 2. The van der Waals surface area contributed by atoms with E-state index >= 15 is 0 Å². The van der Waals surface area contributed by atoms with Crippen LogP contribution in [0.1, 0.15) is 23.5 Å². The highest BCUT2D eigenvalue weighted by molar-refractivity contribution is 5.94. The normalized spacial score (nSPS) is 15.9. The van der Waals surface area contributed by atoms with Gasteiger partial charge >= 0.3 is 0 Å². The molecule has 1 atom stereocenters. The fourth-order valence-corrected chi connectivity index (χ4v) is 2.84. The highest BCUT2D eigenvalue weighted by Crippen LogP contribution is 2.38. The van der Waals surface area contributed by atoms with Gasteiger partial charge in [0.1, 0.15) is 12.4 Å². The van der Waals surface area contributed by atoms with Crippen LogP contribution in [0.15, 0.2) is 35.6 Å². The van der Waals surface area contributed by atoms with Gasteiger partial charge in [-0.15, -0.1) is 0 Å². The Balaban J connectivity index is 2.07. The molecule has 2 aromatic rings. The Kier molecular flexibility index (Phi) is 4.42. The monoisotopic (exact) mass is 342 g/mol. The first-order valence-corrected chi connectivity index (χ1v) is 7.64. The Morgan fingerprint density at radius 1 is 1.40 bits per heavy atom. The van der Waals surface area contributed by atoms with Crippen LogP contribution in [0.25, 0.3) is 0 Å². The largest absolute Gasteiger partial charge is 0.493 e. The number of H-pyrrole nitrogens is 1. The predicted molar refractivity (Wildman–Crippen MR) is 93.0 cm³/mol. The molecular weight excluding hydrogens is 324 g/mol. The van der Waals surface area contributed by atoms with Crippen molar-refractivity contribution in [1.82, 2.24) is 9.97 Å². The molecule has 8 nitrogen and oxygen atoms in total. The van der Waals surface area contributed by atoms with E-state index in [0.29, 0.717) is 23.7 Å². The fourth-order valence-electron chi connectivity index (χ4n) is 2.84. The molecule has 1 aliphatic heterocycles. The minimum absolute atomic E-state index is 0.0459. The van der Waals surface area contributed by atoms with Gasteiger partial charge in [0, 0.05) is 12.3 Å². The Hall–Kier alpha value is -3.29. The van der Waals surface area contributed by atoms with Gasteiger partial charge in [-0.25, -0.2) is 0 Å². The van der Waals surface area contributed by atoms with E-state index in [-0.39, 0.29) is 29.7 Å². The van der Waals surface area contributed by atoms with E-state index in [0.717, 1.165) is 5.56 Å². The van der Waals surface area contributed by atoms with E-state index in [1.165, 1.54) is 7.11 Å². The number of carbonyl (C=O) groups is 1. The van der Waals surface area contributed by atoms with Gasteiger partial charge < -0.3 is 20.5 Å². The van der Waals surface area contributed by atoms with Crippen LogP contribution in [0, 0.1) is 0 Å². The molecule has 130 valence electrons. The highest BCUT2D eigenvalue weighted by Gasteiger charge is 2.31. The van der Waals surface area contributed by atoms with Crippen molar-refractivity contribution in [3.63, 3.8) is 0 Å². The van der Waals surface area contributed by atoms with Crippen LogP contribution < -0.4 is 26.1 Å². The summed E-state index contributed by atoms with van der Waals surface area (Å²) in [6.07, 6.45) is 1.75. The molecule has 0 spiro atoms. The van der Waals surface area contributed by atoms with Crippen LogP contribution in [0.3, 0.4) is 0 Å². The average molecular weight is 342 g/mol. The summed E-state index contributed by atoms with van der Waals surface area (Å²) in [7, 11) is 1.52. The average Bonchev–Trinajstić information content (AvgIpc) is 2.58. The quantitative estimate of drug-likeness (QED) is 0.707. The van der Waals surface area contributed by atoms with Crippen LogP contribution in [0.2, 0.25) is 0 Å². The van der Waals surface area contributed by atoms with Crippen LogP contribution in [-0.2, 0) is 4.79 Å². The summed E-state index contributed by atoms with van der Waals surface area (Å²) in [4.78, 5) is 30.9. The van der Waals surface area contributed by atoms with E-state index in [1.54, 1.807) is 24.3 Å². The van der Waals surface area contributed by atoms with Crippen molar-refractivity contribution < 1.29 is 14.3 Å². The molecule has 1 aliphatic rings. The van der Waals surface area contributed by atoms with Crippen molar-refractivity contribution in [3.8, 4) is 11.5 Å². The summed E-state index contributed by atoms with van der Waals surface area (Å²) in [5, 5.41) is 2.59. The number of rotatable bonds is 5. The third-order valence-corrected chi connectivity index (χ3v) is 3.92. The number of aromatic nitrogens is 2. The predicted octanol–water partition coefficient (Wildman–Crippen LogP) is 1.40. The lowest BCUT2D eigenvalue weighted by Crippen LogP contribution is -2.31. The van der Waals surface area contributed by atoms with Crippen LogP contribution in [0.5, 0.6) is 11.5 Å². The van der Waals surface area contributed by atoms with Gasteiger partial charge in [0.15, 0.2) is 11.5 Å². The molecule has 0 aliphatic carbocycles. The van der Waals surface area contributed by atoms with Crippen molar-refractivity contribution in [1.29, 1.82) is 0 Å². The molecular formula is C17H18N4O4. The van der Waals surface area contributed by atoms with Crippen LogP contribution in [-0.4, -0.2) is 29.6 Å². The molecule has 0 radical (unpaired) electrons. The zero-order valence-corrected chi connectivity index (χ0v) is 13.7. The van der Waals surface area contributed by atoms with Crippen molar-refractivity contribution >= 4 is 17.7 Å². The second-order valence-electron chi connectivity index (χ2n) is 5.53. The third kappa shape index (κ3) is 3.18. The minimum atomic E-state index is -0.456. The number of nitrogens with two attached hydrogens (primary N) is 1. The number of nitrogen functional groups attached to an aromatic ring is 1. The second-order valence-corrected chi connectivity index (χ2v) is 5.53. The van der Waals surface area contributed by atoms with Gasteiger partial charge in [0.2, 0.25) is 11.9 Å². The van der Waals surface area contributed by atoms with Crippen molar-refractivity contribution in [2.45, 2.75) is 12.3 Å². The van der Waals surface area contributed by atoms with Gasteiger partial charge in [0.25, 0.3) is 5.56 Å². The number of anilines is 2. The van der Waals surface area contributed by atoms with Gasteiger partial charge in [-0.1, -0.05) is 18.7 Å². The van der Waals surface area contributed by atoms with Crippen LogP contribution >= 0.6 is 0 Å². The van der Waals surface area contributed by atoms with E-state index in [4.69, 9.17) is 15.2 Å². The number of methoxy groups -OCH3 is 1. The lowest BCUT2D eigenvalue weighted by molar-refractivity contribution is -0.116. The summed E-state index contributed by atoms with van der Waals surface area (Å²) in [5.74, 6) is 0.510. The second kappa shape index (κ2) is 6.68. The van der Waals surface area contributed by atoms with E-state index < -0.39 is 5.92 Å². The van der Waals surface area contributed by atoms with Crippen molar-refractivity contribution in [3.05, 3.63) is 52.3 Å². The number of hydrogen-bond acceptors (Lipinski definition) is 6. The van der Waals surface area contributed by atoms with E-state index in [1.807, 2.05) is 0 Å². The summed E-state index contributed by atoms with van der Waals surface area (Å²) >= 11 is 0. The number of fused-ring (bicyclic) bond motifs is 1. The Labute approximate surface area is 143 Å². The molecule has 4 N–H and O–H groups in total. The Morgan fingerprint density at radius 3 is 2.92 bits per heavy atom. The number of carbonyl (C=O) groups excluding carboxylic acids is 1. The number of nitrogens with zero attached hydrogens (tertiary/aromatic N) is 1. The molecule has 0 unspecified atom stereocenters. The summed E-state index contributed by atoms with van der Waals surface area (Å²) in [5.41, 5.74) is 6.30. The van der Waals surface area contributed by atoms with E-state index in [2.05, 4.69) is 21.9 Å². The standard InChI is InChI=1S/C17H18N4O4/c1-3-6-25-11-5-4-9(7-12(11)24-2)10-8-13(22)19-15-14(10)16(23)21-17(18)20-15/h3-5,7,10H,1,6,8H2,2H3,(H4,18,19,20,21,22,23)/t10-/m0/s1. The van der Waals surface area contributed by atoms with Gasteiger partial charge in [0.05, 0.1) is 12.7 Å². The van der Waals surface area contributed by atoms with Crippen molar-refractivity contribution in [2.75, 3.05) is 24.8 Å². The minimum Gasteiger partial charge on any atom is -0.493 e. The first-order valence-electron chi connectivity index (χ1n) is 7.64. The summed E-state index contributed by atoms with van der Waals surface area (Å²) in [6.45, 7) is 3.95. The van der Waals surface area contributed by atoms with Crippen molar-refractivity contribution in [2.24, 2.45) is 0 Å². The SMILES string of the molecule is C=CCOc1ccc([C@@H]2CC(=O)Nc3nc(N)[nH]c(=O)c32)cc1OC. The maximum absolute atomic E-state index is 12.3. The summed E-state index contributed by atoms with van der Waals surface area (Å²) in [6, 6.07) is 5.29. The molecule has 1 amide bonds. The molecule has 0 saturated carbocycles. The Morgan fingerprint density at radius 2 is 2.20 bits per heavy atom. The van der Waals surface area contributed by atoms with Gasteiger partial charge in [-0.3, -0.25) is 14.6 Å². The molecule has 3 rings (SSSR count). The first kappa shape index (κ1) is 16.6. The number of amides is 1. The molecule has 2 heterocycles. The molecule has 1 aromatic carbocycles. The van der Waals surface area contributed by atoms with E-state index in [9.17, 15) is 9.59 Å². The number of nitrogens with one attached hydrogen (secondary N) is 2. The first-order chi connectivity index (χ1) is 12.0. The maximum Gasteiger partial charge on any atom is 0.258 e. The topological polar surface area (TPSA) is 119 Å². The zero-order chi connectivity index (χ0) is 18.0. The molecule has 0 bridgehead atoms. The summed E-state index contributed by atoms with van der Waals surface area (Å²) < 4.78 is 10.9. The lowest BCUT2D eigenvalue weighted by atomic mass is 9.86. The maximum atomic E-state index is 12.3. The number of benzene rings is 1. The highest BCUT2D eigenvalue weighted by atomic mass is 16.5. The molecule has 8 heteroatoms. The number of hydrogen-bond donors (Lipinski definition) is 3. The number of aromatic amines is 1. The fraction of sp³-hybridized carbons (Fsp3) is 0.235. The molecule has 0 saturated heterocycles. The third-order valence-electron chi connectivity index (χ3n) is 3.92. The Bertz CT molecular complexity index is 891. The zero-order valence-electron chi connectivity index (χ0n) is 13.7. The lowest BCUT2D eigenvalue weighted by Gasteiger charge is -2.24. The molecule has 1 aromatic heterocycles. The molecule has 0 fully saturated rings.